The second-order valence-corrected chi connectivity index (χ2v) is 22.0. The van der Waals surface area contributed by atoms with Gasteiger partial charge in [0.25, 0.3) is 0 Å². The van der Waals surface area contributed by atoms with Crippen molar-refractivity contribution in [2.75, 3.05) is 4.90 Å². The molecule has 11 aromatic carbocycles. The van der Waals surface area contributed by atoms with E-state index in [2.05, 4.69) is 306 Å². The Bertz CT molecular complexity index is 3900. The Labute approximate surface area is 443 Å². The summed E-state index contributed by atoms with van der Waals surface area (Å²) in [5.74, 6) is 0. The summed E-state index contributed by atoms with van der Waals surface area (Å²) in [5.41, 5.74) is 26.2. The molecule has 1 heteroatoms. The monoisotopic (exact) mass is 961 g/mol. The Balaban J connectivity index is 1.09. The zero-order chi connectivity index (χ0) is 50.9. The number of para-hydroxylation sites is 1. The van der Waals surface area contributed by atoms with Crippen molar-refractivity contribution in [2.45, 2.75) is 50.9 Å². The van der Waals surface area contributed by atoms with Gasteiger partial charge >= 0.3 is 0 Å². The van der Waals surface area contributed by atoms with Crippen LogP contribution < -0.4 is 4.90 Å². The Hall–Kier alpha value is -8.78. The van der Waals surface area contributed by atoms with Gasteiger partial charge < -0.3 is 4.90 Å². The lowest BCUT2D eigenvalue weighted by atomic mass is 9.67. The first kappa shape index (κ1) is 46.0. The van der Waals surface area contributed by atoms with Crippen molar-refractivity contribution in [1.29, 1.82) is 0 Å². The Kier molecular flexibility index (Phi) is 11.1. The van der Waals surface area contributed by atoms with Gasteiger partial charge in [-0.25, -0.2) is 0 Å². The number of nitrogens with zero attached hydrogens (tertiary/aromatic N) is 1. The molecule has 0 aliphatic heterocycles. The Morgan fingerprint density at radius 1 is 0.307 bits per heavy atom. The third-order valence-corrected chi connectivity index (χ3v) is 16.4. The highest BCUT2D eigenvalue weighted by Crippen LogP contribution is 2.60. The molecule has 0 bridgehead atoms. The van der Waals surface area contributed by atoms with E-state index in [1.54, 1.807) is 0 Å². The predicted molar refractivity (Wildman–Crippen MR) is 316 cm³/mol. The van der Waals surface area contributed by atoms with Crippen LogP contribution in [-0.2, 0) is 16.2 Å². The van der Waals surface area contributed by atoms with Gasteiger partial charge in [0.15, 0.2) is 0 Å². The first-order valence-electron chi connectivity index (χ1n) is 26.5. The quantitative estimate of drug-likeness (QED) is 0.139. The second kappa shape index (κ2) is 18.0. The third kappa shape index (κ3) is 7.60. The molecule has 0 saturated heterocycles. The smallest absolute Gasteiger partial charge is 0.0714 e. The van der Waals surface area contributed by atoms with E-state index in [4.69, 9.17) is 0 Å². The summed E-state index contributed by atoms with van der Waals surface area (Å²) in [7, 11) is 0. The van der Waals surface area contributed by atoms with Crippen LogP contribution in [0.1, 0.15) is 73.6 Å². The average Bonchev–Trinajstić information content (AvgIpc) is 4.05. The van der Waals surface area contributed by atoms with Crippen molar-refractivity contribution in [2.24, 2.45) is 0 Å². The van der Waals surface area contributed by atoms with E-state index in [1.807, 2.05) is 0 Å². The summed E-state index contributed by atoms with van der Waals surface area (Å²) in [6.07, 6.45) is 0. The third-order valence-electron chi connectivity index (χ3n) is 16.4. The van der Waals surface area contributed by atoms with Crippen molar-refractivity contribution < 1.29 is 0 Å². The van der Waals surface area contributed by atoms with Crippen LogP contribution in [0, 0.1) is 0 Å². The minimum absolute atomic E-state index is 0.0147. The van der Waals surface area contributed by atoms with Crippen molar-refractivity contribution in [3.8, 4) is 66.8 Å². The van der Waals surface area contributed by atoms with E-state index >= 15 is 0 Å². The normalized spacial score (nSPS) is 14.9. The molecule has 0 N–H and O–H groups in total. The van der Waals surface area contributed by atoms with Crippen LogP contribution in [0.5, 0.6) is 0 Å². The molecular formula is C74H59N. The maximum absolute atomic E-state index is 2.54. The molecule has 13 rings (SSSR count). The lowest BCUT2D eigenvalue weighted by Crippen LogP contribution is -2.29. The van der Waals surface area contributed by atoms with E-state index in [-0.39, 0.29) is 10.8 Å². The number of benzene rings is 11. The van der Waals surface area contributed by atoms with Gasteiger partial charge in [0, 0.05) is 22.4 Å². The average molecular weight is 962 g/mol. The van der Waals surface area contributed by atoms with E-state index in [0.29, 0.717) is 0 Å². The zero-order valence-corrected chi connectivity index (χ0v) is 43.4. The molecular weight excluding hydrogens is 903 g/mol. The molecule has 2 aliphatic carbocycles. The molecule has 75 heavy (non-hydrogen) atoms. The molecule has 0 radical (unpaired) electrons. The summed E-state index contributed by atoms with van der Waals surface area (Å²) in [6.45, 7) is 11.7. The first-order valence-corrected chi connectivity index (χ1v) is 26.5. The molecule has 0 spiro atoms. The minimum Gasteiger partial charge on any atom is -0.310 e. The van der Waals surface area contributed by atoms with E-state index in [0.717, 1.165) is 17.1 Å². The van der Waals surface area contributed by atoms with Gasteiger partial charge in [0.1, 0.15) is 0 Å². The van der Waals surface area contributed by atoms with Crippen LogP contribution in [0.15, 0.2) is 267 Å². The summed E-state index contributed by atoms with van der Waals surface area (Å²) in [4.78, 5) is 2.53. The van der Waals surface area contributed by atoms with Gasteiger partial charge in [-0.05, 0) is 136 Å². The number of rotatable bonds is 9. The van der Waals surface area contributed by atoms with Gasteiger partial charge in [0.2, 0.25) is 0 Å². The van der Waals surface area contributed by atoms with Crippen LogP contribution >= 0.6 is 0 Å². The fourth-order valence-electron chi connectivity index (χ4n) is 12.6. The molecule has 1 atom stereocenters. The van der Waals surface area contributed by atoms with Gasteiger partial charge in [-0.3, -0.25) is 0 Å². The Morgan fingerprint density at radius 3 is 1.35 bits per heavy atom. The highest BCUT2D eigenvalue weighted by Gasteiger charge is 2.48. The van der Waals surface area contributed by atoms with Crippen molar-refractivity contribution in [1.82, 2.24) is 0 Å². The van der Waals surface area contributed by atoms with Crippen molar-refractivity contribution in [3.63, 3.8) is 0 Å². The number of hydrogen-bond donors (Lipinski definition) is 0. The number of fused-ring (bicyclic) bond motifs is 6. The van der Waals surface area contributed by atoms with Crippen LogP contribution in [0.4, 0.5) is 17.1 Å². The summed E-state index contributed by atoms with van der Waals surface area (Å²) < 4.78 is 0. The zero-order valence-electron chi connectivity index (χ0n) is 43.4. The van der Waals surface area contributed by atoms with Crippen LogP contribution in [0.2, 0.25) is 0 Å². The summed E-state index contributed by atoms with van der Waals surface area (Å²) >= 11 is 0. The van der Waals surface area contributed by atoms with Crippen LogP contribution in [-0.4, -0.2) is 0 Å². The number of hydrogen-bond acceptors (Lipinski definition) is 1. The van der Waals surface area contributed by atoms with E-state index < -0.39 is 5.41 Å². The largest absolute Gasteiger partial charge is 0.310 e. The predicted octanol–water partition coefficient (Wildman–Crippen LogP) is 19.8. The van der Waals surface area contributed by atoms with Crippen LogP contribution in [0.3, 0.4) is 0 Å². The highest BCUT2D eigenvalue weighted by molar-refractivity contribution is 5.98. The van der Waals surface area contributed by atoms with Gasteiger partial charge in [0.05, 0.1) is 11.1 Å². The van der Waals surface area contributed by atoms with Crippen molar-refractivity contribution >= 4 is 17.1 Å². The van der Waals surface area contributed by atoms with E-state index in [9.17, 15) is 0 Å². The topological polar surface area (TPSA) is 3.24 Å². The molecule has 11 aromatic rings. The molecule has 1 nitrogen and oxygen atoms in total. The molecule has 1 unspecified atom stereocenters. The number of anilines is 3. The molecule has 0 aromatic heterocycles. The van der Waals surface area contributed by atoms with Crippen LogP contribution in [0.25, 0.3) is 66.8 Å². The Morgan fingerprint density at radius 2 is 0.733 bits per heavy atom. The molecule has 0 saturated carbocycles. The molecule has 0 amide bonds. The van der Waals surface area contributed by atoms with Crippen molar-refractivity contribution in [3.05, 3.63) is 306 Å². The fraction of sp³-hybridized carbons (Fsp3) is 0.108. The molecule has 360 valence electrons. The van der Waals surface area contributed by atoms with Gasteiger partial charge in [-0.15, -0.1) is 0 Å². The molecule has 0 fully saturated rings. The van der Waals surface area contributed by atoms with E-state index in [1.165, 1.54) is 106 Å². The fourth-order valence-corrected chi connectivity index (χ4v) is 12.6. The second-order valence-electron chi connectivity index (χ2n) is 22.0. The molecule has 2 aliphatic rings. The van der Waals surface area contributed by atoms with Gasteiger partial charge in [-0.2, -0.15) is 0 Å². The minimum atomic E-state index is -0.696. The first-order chi connectivity index (χ1) is 36.6. The maximum atomic E-state index is 2.54. The highest BCUT2D eigenvalue weighted by atomic mass is 15.1. The maximum Gasteiger partial charge on any atom is 0.0714 e. The summed E-state index contributed by atoms with van der Waals surface area (Å²) in [5, 5.41) is 0. The lowest BCUT2D eigenvalue weighted by molar-refractivity contribution is 0.589. The lowest BCUT2D eigenvalue weighted by Gasteiger charge is -2.36. The molecule has 0 heterocycles. The standard InChI is InChI=1S/C74H59N/c1-72(2,3)56-40-42-58(43-41-56)74(57-38-36-53(37-39-57)51-22-11-7-12-23-51)67-30-19-28-62(55-34-32-52(33-35-55)50-20-9-6-10-21-50)71(67)65-47-45-60(49-69(65)74)75(70-31-18-16-26-61(70)54-24-13-8-14-25-54)59-44-46-64-63-27-15-17-29-66(63)73(4,5)68(64)48-59/h6-49H,1-5H3. The SMILES string of the molecule is CC(C)(C)c1ccc(C2(c3ccc(-c4ccccc4)cc3)c3cc(N(c4ccc5c(c4)C(C)(C)c4ccccc4-5)c4ccccc4-c4ccccc4)ccc3-c3c(-c4ccc(-c5ccccc5)cc4)cccc32)cc1. The summed E-state index contributed by atoms with van der Waals surface area (Å²) in [6, 6.07) is 100.0. The van der Waals surface area contributed by atoms with Gasteiger partial charge in [-0.1, -0.05) is 271 Å².